The van der Waals surface area contributed by atoms with Crippen molar-refractivity contribution in [1.82, 2.24) is 0 Å². The van der Waals surface area contributed by atoms with E-state index in [-0.39, 0.29) is 37.5 Å². The first-order valence-electron chi connectivity index (χ1n) is 35.4. The molecular weight excluding hydrogens is 1020 g/mol. The second-order valence-corrected chi connectivity index (χ2v) is 23.4. The second kappa shape index (κ2) is 70.6. The van der Waals surface area contributed by atoms with Crippen LogP contribution in [0, 0.1) is 0 Å². The van der Waals surface area contributed by atoms with Crippen molar-refractivity contribution in [3.05, 3.63) is 109 Å². The summed E-state index contributed by atoms with van der Waals surface area (Å²) in [7, 11) is 0. The largest absolute Gasteiger partial charge is 0.462 e. The molecule has 0 bridgehead atoms. The van der Waals surface area contributed by atoms with Crippen molar-refractivity contribution in [2.45, 2.75) is 348 Å². The summed E-state index contributed by atoms with van der Waals surface area (Å²) in [6.07, 6.45) is 97.1. The predicted octanol–water partition coefficient (Wildman–Crippen LogP) is 24.6. The van der Waals surface area contributed by atoms with Gasteiger partial charge in [0, 0.05) is 19.3 Å². The third-order valence-electron chi connectivity index (χ3n) is 15.3. The number of carbonyl (C=O) groups is 3. The number of allylic oxidation sites excluding steroid dienone is 18. The summed E-state index contributed by atoms with van der Waals surface area (Å²) in [6.45, 7) is 6.39. The Morgan fingerprint density at radius 3 is 0.819 bits per heavy atom. The molecule has 0 aromatic rings. The summed E-state index contributed by atoms with van der Waals surface area (Å²) >= 11 is 0. The lowest BCUT2D eigenvalue weighted by Crippen LogP contribution is -2.30. The van der Waals surface area contributed by atoms with Gasteiger partial charge in [-0.1, -0.05) is 323 Å². The Bertz CT molecular complexity index is 1660. The highest BCUT2D eigenvalue weighted by atomic mass is 16.6. The van der Waals surface area contributed by atoms with Crippen LogP contribution in [0.15, 0.2) is 109 Å². The Morgan fingerprint density at radius 2 is 0.494 bits per heavy atom. The summed E-state index contributed by atoms with van der Waals surface area (Å²) in [5, 5.41) is 0. The van der Waals surface area contributed by atoms with Crippen molar-refractivity contribution in [3.63, 3.8) is 0 Å². The van der Waals surface area contributed by atoms with Crippen molar-refractivity contribution in [2.75, 3.05) is 13.2 Å². The Labute approximate surface area is 514 Å². The van der Waals surface area contributed by atoms with E-state index in [9.17, 15) is 14.4 Å². The van der Waals surface area contributed by atoms with Crippen LogP contribution in [-0.2, 0) is 28.6 Å². The van der Waals surface area contributed by atoms with Gasteiger partial charge in [0.15, 0.2) is 6.10 Å². The van der Waals surface area contributed by atoms with Gasteiger partial charge < -0.3 is 14.2 Å². The van der Waals surface area contributed by atoms with Crippen LogP contribution >= 0.6 is 0 Å². The quantitative estimate of drug-likeness (QED) is 0.0261. The minimum atomic E-state index is -0.809. The number of hydrogen-bond donors (Lipinski definition) is 0. The van der Waals surface area contributed by atoms with E-state index in [1.165, 1.54) is 205 Å². The van der Waals surface area contributed by atoms with Gasteiger partial charge in [-0.15, -0.1) is 0 Å². The molecule has 0 aliphatic rings. The zero-order chi connectivity index (χ0) is 59.9. The molecule has 83 heavy (non-hydrogen) atoms. The molecule has 6 nitrogen and oxygen atoms in total. The minimum Gasteiger partial charge on any atom is -0.462 e. The van der Waals surface area contributed by atoms with Crippen LogP contribution in [0.5, 0.6) is 0 Å². The van der Waals surface area contributed by atoms with Crippen LogP contribution < -0.4 is 0 Å². The van der Waals surface area contributed by atoms with Gasteiger partial charge in [0.25, 0.3) is 0 Å². The zero-order valence-electron chi connectivity index (χ0n) is 54.7. The number of unbranched alkanes of at least 4 members (excludes halogenated alkanes) is 35. The molecule has 0 aromatic carbocycles. The Hall–Kier alpha value is -3.93. The molecule has 0 amide bonds. The van der Waals surface area contributed by atoms with Crippen molar-refractivity contribution in [1.29, 1.82) is 0 Å². The predicted molar refractivity (Wildman–Crippen MR) is 362 cm³/mol. The van der Waals surface area contributed by atoms with E-state index in [0.717, 1.165) is 89.9 Å². The maximum absolute atomic E-state index is 12.9. The SMILES string of the molecule is CC/C=C\C/C=C\C/C=C\C/C=C\CCCCCCCCCCCCCCCCCCC(=O)OCC(COC(=O)CC/C=C\C/C=C\C/C=C\C/C=C\CC)OC(=O)CCCCCCCCCCCCC/C=C\CCCCCCCCCC. The Kier molecular flexibility index (Phi) is 67.2. The maximum atomic E-state index is 12.9. The molecule has 0 aliphatic carbocycles. The Balaban J connectivity index is 4.27. The molecule has 1 unspecified atom stereocenters. The van der Waals surface area contributed by atoms with Crippen molar-refractivity contribution in [2.24, 2.45) is 0 Å². The first-order valence-corrected chi connectivity index (χ1v) is 35.4. The van der Waals surface area contributed by atoms with Gasteiger partial charge >= 0.3 is 17.9 Å². The van der Waals surface area contributed by atoms with Crippen molar-refractivity contribution < 1.29 is 28.6 Å². The van der Waals surface area contributed by atoms with Crippen LogP contribution in [-0.4, -0.2) is 37.2 Å². The van der Waals surface area contributed by atoms with Gasteiger partial charge in [0.05, 0.1) is 0 Å². The van der Waals surface area contributed by atoms with Crippen LogP contribution in [0.1, 0.15) is 342 Å². The van der Waals surface area contributed by atoms with Gasteiger partial charge in [-0.2, -0.15) is 0 Å². The normalized spacial score (nSPS) is 12.8. The fourth-order valence-electron chi connectivity index (χ4n) is 10.0. The summed E-state index contributed by atoms with van der Waals surface area (Å²) in [4.78, 5) is 38.4. The molecule has 0 radical (unpaired) electrons. The smallest absolute Gasteiger partial charge is 0.306 e. The minimum absolute atomic E-state index is 0.0983. The summed E-state index contributed by atoms with van der Waals surface area (Å²) in [6, 6.07) is 0. The van der Waals surface area contributed by atoms with Gasteiger partial charge in [0.2, 0.25) is 0 Å². The highest BCUT2D eigenvalue weighted by molar-refractivity contribution is 5.71. The number of carbonyl (C=O) groups excluding carboxylic acids is 3. The molecule has 0 aromatic heterocycles. The van der Waals surface area contributed by atoms with Crippen LogP contribution in [0.2, 0.25) is 0 Å². The van der Waals surface area contributed by atoms with Crippen LogP contribution in [0.4, 0.5) is 0 Å². The molecule has 0 heterocycles. The zero-order valence-corrected chi connectivity index (χ0v) is 54.7. The van der Waals surface area contributed by atoms with Crippen molar-refractivity contribution >= 4 is 17.9 Å². The van der Waals surface area contributed by atoms with Gasteiger partial charge in [0.1, 0.15) is 13.2 Å². The van der Waals surface area contributed by atoms with Gasteiger partial charge in [-0.25, -0.2) is 0 Å². The summed E-state index contributed by atoms with van der Waals surface area (Å²) in [5.74, 6) is -0.970. The fourth-order valence-corrected chi connectivity index (χ4v) is 10.0. The fraction of sp³-hybridized carbons (Fsp3) is 0.727. The van der Waals surface area contributed by atoms with Crippen LogP contribution in [0.25, 0.3) is 0 Å². The number of hydrogen-bond acceptors (Lipinski definition) is 6. The molecule has 0 fully saturated rings. The molecular formula is C77H132O6. The Morgan fingerprint density at radius 1 is 0.253 bits per heavy atom. The third kappa shape index (κ3) is 68.7. The molecule has 0 spiro atoms. The number of rotatable bonds is 64. The maximum Gasteiger partial charge on any atom is 0.306 e. The lowest BCUT2D eigenvalue weighted by atomic mass is 10.0. The molecule has 476 valence electrons. The third-order valence-corrected chi connectivity index (χ3v) is 15.3. The molecule has 6 heteroatoms. The topological polar surface area (TPSA) is 78.9 Å². The first-order chi connectivity index (χ1) is 41.0. The van der Waals surface area contributed by atoms with Gasteiger partial charge in [-0.3, -0.25) is 14.4 Å². The van der Waals surface area contributed by atoms with Crippen LogP contribution in [0.3, 0.4) is 0 Å². The van der Waals surface area contributed by atoms with E-state index in [1.807, 2.05) is 6.08 Å². The number of ether oxygens (including phenoxy) is 3. The second-order valence-electron chi connectivity index (χ2n) is 23.4. The summed E-state index contributed by atoms with van der Waals surface area (Å²) in [5.41, 5.74) is 0. The first kappa shape index (κ1) is 79.1. The van der Waals surface area contributed by atoms with E-state index in [4.69, 9.17) is 14.2 Å². The molecule has 0 saturated carbocycles. The van der Waals surface area contributed by atoms with E-state index in [1.54, 1.807) is 0 Å². The molecule has 1 atom stereocenters. The highest BCUT2D eigenvalue weighted by Gasteiger charge is 2.19. The van der Waals surface area contributed by atoms with E-state index >= 15 is 0 Å². The van der Waals surface area contributed by atoms with Crippen molar-refractivity contribution in [3.8, 4) is 0 Å². The summed E-state index contributed by atoms with van der Waals surface area (Å²) < 4.78 is 16.9. The van der Waals surface area contributed by atoms with E-state index < -0.39 is 6.10 Å². The standard InChI is InChI=1S/C77H132O6/c1-4-7-10-13-16-19-22-25-27-29-31-33-35-36-37-38-39-40-42-43-45-47-49-52-55-58-61-64-67-70-76(79)82-73-74(72-81-75(78)69-66-63-60-57-54-51-24-21-18-15-12-9-6-3)83-77(80)71-68-65-62-59-56-53-50-48-46-44-41-34-32-30-28-26-23-20-17-14-11-8-5-2/h7,9-10,12,16,18-19,21,25,27,30-33,51,54,60,63,74H,4-6,8,11,13-15,17,20,22-24,26,28-29,34-50,52-53,55-59,61-62,64-73H2,1-3H3/b10-7-,12-9-,19-16-,21-18-,27-25-,32-30-,33-31-,54-51-,63-60-. The van der Waals surface area contributed by atoms with E-state index in [0.29, 0.717) is 19.3 Å². The van der Waals surface area contributed by atoms with Gasteiger partial charge in [-0.05, 0) is 109 Å². The lowest BCUT2D eigenvalue weighted by Gasteiger charge is -2.18. The monoisotopic (exact) mass is 1150 g/mol. The molecule has 0 rings (SSSR count). The molecule has 0 saturated heterocycles. The number of esters is 3. The lowest BCUT2D eigenvalue weighted by molar-refractivity contribution is -0.166. The average Bonchev–Trinajstić information content (AvgIpc) is 3.49. The average molecular weight is 1150 g/mol. The highest BCUT2D eigenvalue weighted by Crippen LogP contribution is 2.17. The molecule has 0 aliphatic heterocycles. The molecule has 0 N–H and O–H groups in total. The van der Waals surface area contributed by atoms with E-state index in [2.05, 4.69) is 124 Å².